The van der Waals surface area contributed by atoms with E-state index in [2.05, 4.69) is 51.6 Å². The summed E-state index contributed by atoms with van der Waals surface area (Å²) in [6.07, 6.45) is 0.917. The molecule has 0 spiro atoms. The van der Waals surface area contributed by atoms with Crippen LogP contribution in [0.25, 0.3) is 0 Å². The highest BCUT2D eigenvalue weighted by molar-refractivity contribution is 7.12. The molecule has 0 aliphatic heterocycles. The van der Waals surface area contributed by atoms with Crippen LogP contribution in [0.15, 0.2) is 12.1 Å². The summed E-state index contributed by atoms with van der Waals surface area (Å²) in [7, 11) is 0. The van der Waals surface area contributed by atoms with Gasteiger partial charge >= 0.3 is 0 Å². The molecule has 6 nitrogen and oxygen atoms in total. The molecule has 2 N–H and O–H groups in total. The maximum Gasteiger partial charge on any atom is 0.234 e. The molecular weight excluding hydrogens is 298 g/mol. The van der Waals surface area contributed by atoms with Crippen molar-refractivity contribution in [1.82, 2.24) is 15.0 Å². The number of hydrogen-bond acceptors (Lipinski definition) is 6. The lowest BCUT2D eigenvalue weighted by atomic mass is 10.2. The Bertz CT molecular complexity index is 641. The summed E-state index contributed by atoms with van der Waals surface area (Å²) >= 11 is 1.76. The summed E-state index contributed by atoms with van der Waals surface area (Å²) in [5, 5.41) is 5.89. The molecule has 0 aliphatic rings. The van der Waals surface area contributed by atoms with E-state index in [0.717, 1.165) is 6.42 Å². The molecule has 0 bridgehead atoms. The van der Waals surface area contributed by atoms with Crippen molar-refractivity contribution < 1.29 is 4.79 Å². The fourth-order valence-corrected chi connectivity index (χ4v) is 2.94. The molecule has 22 heavy (non-hydrogen) atoms. The summed E-state index contributed by atoms with van der Waals surface area (Å²) in [4.78, 5) is 26.2. The molecule has 7 heteroatoms. The molecule has 0 aliphatic carbocycles. The van der Waals surface area contributed by atoms with Gasteiger partial charge in [-0.3, -0.25) is 10.1 Å². The number of hydrogen-bond donors (Lipinski definition) is 2. The first kappa shape index (κ1) is 18.0. The van der Waals surface area contributed by atoms with Crippen molar-refractivity contribution in [1.29, 1.82) is 0 Å². The Morgan fingerprint density at radius 2 is 1.91 bits per heavy atom. The van der Waals surface area contributed by atoms with Gasteiger partial charge in [0.25, 0.3) is 0 Å². The molecule has 1 unspecified atom stereocenters. The van der Waals surface area contributed by atoms with Crippen LogP contribution in [0.5, 0.6) is 0 Å². The zero-order valence-corrected chi connectivity index (χ0v) is 13.4. The Kier molecular flexibility index (Phi) is 6.42. The van der Waals surface area contributed by atoms with E-state index < -0.39 is 0 Å². The minimum atomic E-state index is -0.201. The second-order valence-corrected chi connectivity index (χ2v) is 6.08. The van der Waals surface area contributed by atoms with Gasteiger partial charge < -0.3 is 5.32 Å². The second-order valence-electron chi connectivity index (χ2n) is 4.76. The van der Waals surface area contributed by atoms with Crippen LogP contribution in [-0.4, -0.2) is 20.9 Å². The van der Waals surface area contributed by atoms with Crippen molar-refractivity contribution in [2.24, 2.45) is 0 Å². The van der Waals surface area contributed by atoms with Crippen LogP contribution in [0, 0.1) is 13.8 Å². The minimum absolute atomic E-state index is 0. The van der Waals surface area contributed by atoms with Crippen LogP contribution in [0.3, 0.4) is 0 Å². The Balaban J connectivity index is 0.00000242. The molecule has 0 radical (unpaired) electrons. The van der Waals surface area contributed by atoms with E-state index >= 15 is 0 Å². The van der Waals surface area contributed by atoms with E-state index in [1.54, 1.807) is 18.3 Å². The van der Waals surface area contributed by atoms with Gasteiger partial charge in [-0.15, -0.1) is 11.3 Å². The quantitative estimate of drug-likeness (QED) is 0.877. The topological polar surface area (TPSA) is 79.8 Å². The maximum atomic E-state index is 11.1. The second kappa shape index (κ2) is 7.84. The number of rotatable bonds is 5. The van der Waals surface area contributed by atoms with Crippen molar-refractivity contribution in [2.45, 2.75) is 47.6 Å². The lowest BCUT2D eigenvalue weighted by molar-refractivity contribution is -0.114. The van der Waals surface area contributed by atoms with E-state index in [9.17, 15) is 4.79 Å². The molecule has 120 valence electrons. The van der Waals surface area contributed by atoms with Gasteiger partial charge in [-0.1, -0.05) is 14.4 Å². The zero-order valence-electron chi connectivity index (χ0n) is 12.6. The van der Waals surface area contributed by atoms with Gasteiger partial charge in [0, 0.05) is 16.7 Å². The molecule has 1 atom stereocenters. The molecule has 0 saturated heterocycles. The van der Waals surface area contributed by atoms with Crippen LogP contribution in [0.1, 0.15) is 49.3 Å². The SMILES string of the molecule is C.CCC(Nc1nc(C)nc(NC(C)=O)n1)c1ccc(C)s1. The molecule has 0 saturated carbocycles. The number of aryl methyl sites for hydroxylation is 2. The number of nitrogens with zero attached hydrogens (tertiary/aromatic N) is 3. The van der Waals surface area contributed by atoms with Gasteiger partial charge in [0.05, 0.1) is 6.04 Å². The van der Waals surface area contributed by atoms with E-state index in [1.165, 1.54) is 16.7 Å². The number of anilines is 2. The van der Waals surface area contributed by atoms with Crippen LogP contribution in [0.4, 0.5) is 11.9 Å². The summed E-state index contributed by atoms with van der Waals surface area (Å²) in [5.41, 5.74) is 0. The molecule has 0 aromatic carbocycles. The highest BCUT2D eigenvalue weighted by Crippen LogP contribution is 2.27. The first-order valence-electron chi connectivity index (χ1n) is 6.81. The fourth-order valence-electron chi connectivity index (χ4n) is 1.93. The average Bonchev–Trinajstić information content (AvgIpc) is 2.81. The predicted molar refractivity (Wildman–Crippen MR) is 91.3 cm³/mol. The van der Waals surface area contributed by atoms with Crippen LogP contribution in [-0.2, 0) is 4.79 Å². The summed E-state index contributed by atoms with van der Waals surface area (Å²) in [6.45, 7) is 7.39. The smallest absolute Gasteiger partial charge is 0.234 e. The fraction of sp³-hybridized carbons (Fsp3) is 0.467. The first-order valence-corrected chi connectivity index (χ1v) is 7.62. The standard InChI is InChI=1S/C14H19N5OS.CH4/c1-5-11(12-7-6-8(2)21-12)18-14-16-9(3)15-13(19-14)17-10(4)20;/h6-7,11H,5H2,1-4H3,(H2,15,16,17,18,19,20);1H4. The summed E-state index contributed by atoms with van der Waals surface area (Å²) in [5.74, 6) is 1.11. The van der Waals surface area contributed by atoms with Crippen molar-refractivity contribution in [2.75, 3.05) is 10.6 Å². The van der Waals surface area contributed by atoms with Crippen molar-refractivity contribution in [3.8, 4) is 0 Å². The third-order valence-corrected chi connectivity index (χ3v) is 3.97. The number of aromatic nitrogens is 3. The van der Waals surface area contributed by atoms with Crippen LogP contribution < -0.4 is 10.6 Å². The van der Waals surface area contributed by atoms with Crippen LogP contribution in [0.2, 0.25) is 0 Å². The van der Waals surface area contributed by atoms with Gasteiger partial charge in [0.15, 0.2) is 0 Å². The molecule has 0 fully saturated rings. The zero-order chi connectivity index (χ0) is 15.4. The molecule has 2 rings (SSSR count). The number of carbonyl (C=O) groups excluding carboxylic acids is 1. The Morgan fingerprint density at radius 1 is 1.23 bits per heavy atom. The van der Waals surface area contributed by atoms with E-state index in [0.29, 0.717) is 11.8 Å². The summed E-state index contributed by atoms with van der Waals surface area (Å²) < 4.78 is 0. The molecule has 2 aromatic rings. The third kappa shape index (κ3) is 4.77. The number of nitrogens with one attached hydrogen (secondary N) is 2. The number of thiophene rings is 1. The third-order valence-electron chi connectivity index (χ3n) is 2.85. The predicted octanol–water partition coefficient (Wildman–Crippen LogP) is 3.71. The lowest BCUT2D eigenvalue weighted by Gasteiger charge is -2.16. The highest BCUT2D eigenvalue weighted by Gasteiger charge is 2.14. The molecule has 2 aromatic heterocycles. The molecular formula is C15H23N5OS. The monoisotopic (exact) mass is 321 g/mol. The Labute approximate surface area is 135 Å². The number of amides is 1. The molecule has 2 heterocycles. The van der Waals surface area contributed by atoms with Gasteiger partial charge in [-0.05, 0) is 32.4 Å². The minimum Gasteiger partial charge on any atom is -0.346 e. The Hall–Kier alpha value is -2.02. The first-order chi connectivity index (χ1) is 9.97. The van der Waals surface area contributed by atoms with E-state index in [-0.39, 0.29) is 25.3 Å². The van der Waals surface area contributed by atoms with Crippen LogP contribution >= 0.6 is 11.3 Å². The van der Waals surface area contributed by atoms with Gasteiger partial charge in [-0.25, -0.2) is 0 Å². The summed E-state index contributed by atoms with van der Waals surface area (Å²) in [6, 6.07) is 4.37. The van der Waals surface area contributed by atoms with Crippen molar-refractivity contribution in [3.05, 3.63) is 27.7 Å². The van der Waals surface area contributed by atoms with E-state index in [1.807, 2.05) is 0 Å². The average molecular weight is 321 g/mol. The molecule has 1 amide bonds. The maximum absolute atomic E-state index is 11.1. The number of carbonyl (C=O) groups is 1. The normalized spacial score (nSPS) is 11.5. The van der Waals surface area contributed by atoms with Crippen molar-refractivity contribution in [3.63, 3.8) is 0 Å². The van der Waals surface area contributed by atoms with E-state index in [4.69, 9.17) is 0 Å². The lowest BCUT2D eigenvalue weighted by Crippen LogP contribution is -2.15. The van der Waals surface area contributed by atoms with Gasteiger partial charge in [0.1, 0.15) is 5.82 Å². The highest BCUT2D eigenvalue weighted by atomic mass is 32.1. The largest absolute Gasteiger partial charge is 0.346 e. The van der Waals surface area contributed by atoms with Gasteiger partial charge in [-0.2, -0.15) is 15.0 Å². The van der Waals surface area contributed by atoms with Crippen molar-refractivity contribution >= 4 is 29.1 Å². The van der Waals surface area contributed by atoms with Gasteiger partial charge in [0.2, 0.25) is 17.8 Å². The Morgan fingerprint density at radius 3 is 2.45 bits per heavy atom.